The first-order chi connectivity index (χ1) is 8.99. The van der Waals surface area contributed by atoms with Gasteiger partial charge in [0, 0.05) is 19.0 Å². The number of hydrogen-bond donors (Lipinski definition) is 2. The minimum Gasteiger partial charge on any atom is -0.480 e. The Labute approximate surface area is 112 Å². The number of aliphatic carboxylic acids is 1. The molecule has 0 bridgehead atoms. The van der Waals surface area contributed by atoms with Crippen LogP contribution in [0.1, 0.15) is 32.6 Å². The minimum atomic E-state index is -1.05. The van der Waals surface area contributed by atoms with E-state index in [-0.39, 0.29) is 23.7 Å². The zero-order chi connectivity index (χ0) is 14.0. The van der Waals surface area contributed by atoms with E-state index >= 15 is 0 Å². The number of carboxylic acids is 1. The lowest BCUT2D eigenvalue weighted by molar-refractivity contribution is -0.143. The fourth-order valence-corrected chi connectivity index (χ4v) is 2.37. The summed E-state index contributed by atoms with van der Waals surface area (Å²) >= 11 is 0. The summed E-state index contributed by atoms with van der Waals surface area (Å²) in [6, 6.07) is -0.887. The van der Waals surface area contributed by atoms with Crippen molar-refractivity contribution < 1.29 is 19.5 Å². The van der Waals surface area contributed by atoms with Crippen LogP contribution in [0.3, 0.4) is 0 Å². The van der Waals surface area contributed by atoms with E-state index < -0.39 is 12.0 Å². The minimum absolute atomic E-state index is 0.156. The van der Waals surface area contributed by atoms with Crippen molar-refractivity contribution in [3.05, 3.63) is 0 Å². The van der Waals surface area contributed by atoms with E-state index in [1.807, 2.05) is 0 Å². The van der Waals surface area contributed by atoms with E-state index in [1.165, 1.54) is 6.92 Å². The predicted octanol–water partition coefficient (Wildman–Crippen LogP) is 0.224. The van der Waals surface area contributed by atoms with Crippen molar-refractivity contribution in [1.29, 1.82) is 0 Å². The molecule has 0 aromatic heterocycles. The number of nitrogens with one attached hydrogen (secondary N) is 1. The lowest BCUT2D eigenvalue weighted by Crippen LogP contribution is -2.48. The predicted molar refractivity (Wildman–Crippen MR) is 67.3 cm³/mol. The second-order valence-electron chi connectivity index (χ2n) is 5.47. The number of carbonyl (C=O) groups is 3. The fraction of sp³-hybridized carbons (Fsp3) is 0.769. The van der Waals surface area contributed by atoms with Crippen molar-refractivity contribution in [3.63, 3.8) is 0 Å². The molecule has 1 saturated heterocycles. The monoisotopic (exact) mass is 268 g/mol. The largest absolute Gasteiger partial charge is 0.480 e. The molecule has 6 heteroatoms. The molecule has 2 fully saturated rings. The first-order valence-corrected chi connectivity index (χ1v) is 6.81. The van der Waals surface area contributed by atoms with E-state index in [0.717, 1.165) is 19.3 Å². The van der Waals surface area contributed by atoms with Gasteiger partial charge >= 0.3 is 5.97 Å². The van der Waals surface area contributed by atoms with Crippen LogP contribution in [0.15, 0.2) is 0 Å². The molecule has 0 aromatic carbocycles. The number of amides is 2. The summed E-state index contributed by atoms with van der Waals surface area (Å²) in [4.78, 5) is 36.4. The Morgan fingerprint density at radius 1 is 1.21 bits per heavy atom. The Morgan fingerprint density at radius 2 is 1.89 bits per heavy atom. The van der Waals surface area contributed by atoms with E-state index in [2.05, 4.69) is 5.32 Å². The summed E-state index contributed by atoms with van der Waals surface area (Å²) < 4.78 is 0. The van der Waals surface area contributed by atoms with Crippen LogP contribution in [-0.2, 0) is 14.4 Å². The molecule has 2 N–H and O–H groups in total. The molecule has 1 aliphatic heterocycles. The summed E-state index contributed by atoms with van der Waals surface area (Å²) in [7, 11) is 0. The van der Waals surface area contributed by atoms with E-state index in [0.29, 0.717) is 19.5 Å². The van der Waals surface area contributed by atoms with Crippen molar-refractivity contribution in [3.8, 4) is 0 Å². The molecular weight excluding hydrogens is 248 g/mol. The van der Waals surface area contributed by atoms with Crippen molar-refractivity contribution >= 4 is 17.8 Å². The van der Waals surface area contributed by atoms with Gasteiger partial charge < -0.3 is 15.3 Å². The molecule has 1 saturated carbocycles. The topological polar surface area (TPSA) is 86.7 Å². The second kappa shape index (κ2) is 5.59. The summed E-state index contributed by atoms with van der Waals surface area (Å²) in [5, 5.41) is 11.2. The van der Waals surface area contributed by atoms with Crippen LogP contribution in [0.5, 0.6) is 0 Å². The number of rotatable bonds is 4. The highest BCUT2D eigenvalue weighted by Gasteiger charge is 2.37. The maximum atomic E-state index is 12.0. The molecule has 0 radical (unpaired) electrons. The van der Waals surface area contributed by atoms with Crippen molar-refractivity contribution in [1.82, 2.24) is 10.2 Å². The van der Waals surface area contributed by atoms with Crippen LogP contribution in [-0.4, -0.2) is 46.9 Å². The van der Waals surface area contributed by atoms with Gasteiger partial charge in [0.25, 0.3) is 0 Å². The first-order valence-electron chi connectivity index (χ1n) is 6.81. The summed E-state index contributed by atoms with van der Waals surface area (Å²) in [5.41, 5.74) is 0. The van der Waals surface area contributed by atoms with E-state index in [1.54, 1.807) is 4.90 Å². The Balaban J connectivity index is 1.87. The Morgan fingerprint density at radius 3 is 2.47 bits per heavy atom. The SMILES string of the molecule is C[C@@H](NC(=O)C1CCCN(C(=O)C2CC2)C1)C(=O)O. The van der Waals surface area contributed by atoms with Gasteiger partial charge in [-0.1, -0.05) is 0 Å². The number of likely N-dealkylation sites (tertiary alicyclic amines) is 1. The standard InChI is InChI=1S/C13H20N2O4/c1-8(13(18)19)14-11(16)10-3-2-6-15(7-10)12(17)9-4-5-9/h8-10H,2-7H2,1H3,(H,14,16)(H,18,19)/t8-,10?/m1/s1. The molecule has 2 rings (SSSR count). The third kappa shape index (κ3) is 3.45. The number of piperidine rings is 1. The molecule has 1 unspecified atom stereocenters. The number of hydrogen-bond acceptors (Lipinski definition) is 3. The molecule has 1 aliphatic carbocycles. The number of nitrogens with zero attached hydrogens (tertiary/aromatic N) is 1. The maximum Gasteiger partial charge on any atom is 0.325 e. The second-order valence-corrected chi connectivity index (χ2v) is 5.47. The molecule has 2 amide bonds. The quantitative estimate of drug-likeness (QED) is 0.764. The zero-order valence-corrected chi connectivity index (χ0v) is 11.1. The normalized spacial score (nSPS) is 24.7. The van der Waals surface area contributed by atoms with Crippen LogP contribution in [0.2, 0.25) is 0 Å². The van der Waals surface area contributed by atoms with Crippen molar-refractivity contribution in [2.45, 2.75) is 38.6 Å². The molecule has 0 aromatic rings. The summed E-state index contributed by atoms with van der Waals surface area (Å²) in [6.07, 6.45) is 3.44. The van der Waals surface area contributed by atoms with Gasteiger partial charge in [-0.2, -0.15) is 0 Å². The zero-order valence-electron chi connectivity index (χ0n) is 11.1. The third-order valence-corrected chi connectivity index (χ3v) is 3.76. The van der Waals surface area contributed by atoms with Crippen LogP contribution in [0, 0.1) is 11.8 Å². The number of carbonyl (C=O) groups excluding carboxylic acids is 2. The molecular formula is C13H20N2O4. The molecule has 2 aliphatic rings. The molecule has 1 heterocycles. The maximum absolute atomic E-state index is 12.0. The molecule has 106 valence electrons. The van der Waals surface area contributed by atoms with Crippen molar-refractivity contribution in [2.75, 3.05) is 13.1 Å². The lowest BCUT2D eigenvalue weighted by Gasteiger charge is -2.32. The summed E-state index contributed by atoms with van der Waals surface area (Å²) in [5.74, 6) is -1.26. The van der Waals surface area contributed by atoms with Gasteiger partial charge in [-0.05, 0) is 32.6 Å². The smallest absolute Gasteiger partial charge is 0.325 e. The van der Waals surface area contributed by atoms with Gasteiger partial charge in [0.2, 0.25) is 11.8 Å². The Hall–Kier alpha value is -1.59. The fourth-order valence-electron chi connectivity index (χ4n) is 2.37. The van der Waals surface area contributed by atoms with Crippen molar-refractivity contribution in [2.24, 2.45) is 11.8 Å². The molecule has 6 nitrogen and oxygen atoms in total. The van der Waals surface area contributed by atoms with Crippen LogP contribution in [0.4, 0.5) is 0 Å². The van der Waals surface area contributed by atoms with Crippen LogP contribution >= 0.6 is 0 Å². The van der Waals surface area contributed by atoms with Crippen LogP contribution < -0.4 is 5.32 Å². The third-order valence-electron chi connectivity index (χ3n) is 3.76. The van der Waals surface area contributed by atoms with Gasteiger partial charge in [-0.15, -0.1) is 0 Å². The molecule has 2 atom stereocenters. The highest BCUT2D eigenvalue weighted by molar-refractivity contribution is 5.86. The molecule has 19 heavy (non-hydrogen) atoms. The molecule has 0 spiro atoms. The van der Waals surface area contributed by atoms with E-state index in [9.17, 15) is 14.4 Å². The van der Waals surface area contributed by atoms with Gasteiger partial charge in [-0.3, -0.25) is 14.4 Å². The van der Waals surface area contributed by atoms with Gasteiger partial charge in [-0.25, -0.2) is 0 Å². The van der Waals surface area contributed by atoms with E-state index in [4.69, 9.17) is 5.11 Å². The average molecular weight is 268 g/mol. The highest BCUT2D eigenvalue weighted by atomic mass is 16.4. The van der Waals surface area contributed by atoms with Crippen LogP contribution in [0.25, 0.3) is 0 Å². The summed E-state index contributed by atoms with van der Waals surface area (Å²) in [6.45, 7) is 2.58. The lowest BCUT2D eigenvalue weighted by atomic mass is 9.96. The van der Waals surface area contributed by atoms with Gasteiger partial charge in [0.1, 0.15) is 6.04 Å². The highest BCUT2D eigenvalue weighted by Crippen LogP contribution is 2.32. The number of carboxylic acid groups (broad SMARTS) is 1. The Bertz CT molecular complexity index is 392. The Kier molecular flexibility index (Phi) is 4.07. The average Bonchev–Trinajstić information content (AvgIpc) is 3.22. The van der Waals surface area contributed by atoms with Gasteiger partial charge in [0.15, 0.2) is 0 Å². The first kappa shape index (κ1) is 13.8. The van der Waals surface area contributed by atoms with Gasteiger partial charge in [0.05, 0.1) is 5.92 Å².